The predicted octanol–water partition coefficient (Wildman–Crippen LogP) is 4.13. The van der Waals surface area contributed by atoms with Crippen molar-refractivity contribution in [1.29, 1.82) is 0 Å². The molecule has 0 aliphatic carbocycles. The first-order valence-electron chi connectivity index (χ1n) is 10.4. The van der Waals surface area contributed by atoms with Gasteiger partial charge in [-0.05, 0) is 43.4 Å². The zero-order valence-electron chi connectivity index (χ0n) is 19.2. The van der Waals surface area contributed by atoms with Crippen molar-refractivity contribution in [2.75, 3.05) is 40.3 Å². The van der Waals surface area contributed by atoms with Gasteiger partial charge >= 0.3 is 6.18 Å². The molecule has 0 N–H and O–H groups in total. The second-order valence-corrected chi connectivity index (χ2v) is 11.3. The summed E-state index contributed by atoms with van der Waals surface area (Å²) in [6.45, 7) is 10.1. The van der Waals surface area contributed by atoms with Gasteiger partial charge in [-0.2, -0.15) is 30.2 Å². The average Bonchev–Trinajstić information content (AvgIpc) is 2.66. The zero-order chi connectivity index (χ0) is 23.6. The molecule has 5 nitrogen and oxygen atoms in total. The highest BCUT2D eigenvalue weighted by Crippen LogP contribution is 2.34. The Bertz CT molecular complexity index is 866. The van der Waals surface area contributed by atoms with Crippen LogP contribution >= 0.6 is 0 Å². The van der Waals surface area contributed by atoms with Gasteiger partial charge in [-0.15, -0.1) is 0 Å². The molecular weight excluding hydrogens is 427 g/mol. The number of nitrogens with zero attached hydrogens (tertiary/aromatic N) is 3. The second kappa shape index (κ2) is 9.60. The average molecular weight is 462 g/mol. The standard InChI is InChI=1S/C22H34F3N3O2S/c1-17(2)15-20(27-11-13-28(14-12-27)31(29,30)26(5)6)16-21(3,4)18-7-9-19(10-8-18)22(23,24)25/h7-10,15,20H,11-14,16H2,1-6H3. The Morgan fingerprint density at radius 2 is 1.52 bits per heavy atom. The zero-order valence-corrected chi connectivity index (χ0v) is 20.0. The molecule has 2 rings (SSSR count). The minimum atomic E-state index is -4.35. The number of hydrogen-bond donors (Lipinski definition) is 0. The molecule has 31 heavy (non-hydrogen) atoms. The lowest BCUT2D eigenvalue weighted by molar-refractivity contribution is -0.137. The molecule has 0 radical (unpaired) electrons. The van der Waals surface area contributed by atoms with Gasteiger partial charge in [0.15, 0.2) is 0 Å². The van der Waals surface area contributed by atoms with Crippen molar-refractivity contribution in [3.8, 4) is 0 Å². The van der Waals surface area contributed by atoms with Crippen LogP contribution in [-0.4, -0.2) is 68.2 Å². The summed E-state index contributed by atoms with van der Waals surface area (Å²) in [5, 5.41) is 0. The first kappa shape index (κ1) is 25.8. The lowest BCUT2D eigenvalue weighted by atomic mass is 9.78. The summed E-state index contributed by atoms with van der Waals surface area (Å²) in [5.74, 6) is 0. The molecule has 0 aromatic heterocycles. The summed E-state index contributed by atoms with van der Waals surface area (Å²) in [5.41, 5.74) is 0.997. The number of hydrogen-bond acceptors (Lipinski definition) is 3. The molecule has 1 fully saturated rings. The van der Waals surface area contributed by atoms with Gasteiger partial charge in [-0.25, -0.2) is 0 Å². The third kappa shape index (κ3) is 6.54. The van der Waals surface area contributed by atoms with Crippen molar-refractivity contribution in [2.24, 2.45) is 0 Å². The van der Waals surface area contributed by atoms with Crippen LogP contribution < -0.4 is 0 Å². The van der Waals surface area contributed by atoms with Crippen LogP contribution in [-0.2, 0) is 21.8 Å². The third-order valence-electron chi connectivity index (χ3n) is 5.77. The fourth-order valence-corrected chi connectivity index (χ4v) is 5.01. The van der Waals surface area contributed by atoms with Crippen LogP contribution in [0, 0.1) is 0 Å². The number of allylic oxidation sites excluding steroid dienone is 1. The van der Waals surface area contributed by atoms with Gasteiger partial charge in [0.05, 0.1) is 5.56 Å². The molecule has 176 valence electrons. The Morgan fingerprint density at radius 1 is 1.03 bits per heavy atom. The molecule has 1 atom stereocenters. The molecule has 0 saturated carbocycles. The molecule has 0 bridgehead atoms. The highest BCUT2D eigenvalue weighted by Gasteiger charge is 2.34. The summed E-state index contributed by atoms with van der Waals surface area (Å²) in [6, 6.07) is 5.45. The van der Waals surface area contributed by atoms with Crippen molar-refractivity contribution in [3.63, 3.8) is 0 Å². The van der Waals surface area contributed by atoms with Crippen LogP contribution in [0.15, 0.2) is 35.9 Å². The number of alkyl halides is 3. The molecule has 1 heterocycles. The molecule has 1 aliphatic rings. The highest BCUT2D eigenvalue weighted by molar-refractivity contribution is 7.86. The van der Waals surface area contributed by atoms with E-state index in [2.05, 4.69) is 11.0 Å². The Kier molecular flexibility index (Phi) is 8.00. The molecule has 1 aromatic carbocycles. The van der Waals surface area contributed by atoms with Gasteiger partial charge in [-0.1, -0.05) is 37.6 Å². The van der Waals surface area contributed by atoms with E-state index < -0.39 is 21.9 Å². The van der Waals surface area contributed by atoms with E-state index in [1.807, 2.05) is 27.7 Å². The Balaban J connectivity index is 2.17. The second-order valence-electron chi connectivity index (χ2n) is 9.20. The van der Waals surface area contributed by atoms with E-state index in [-0.39, 0.29) is 11.5 Å². The number of piperazine rings is 1. The lowest BCUT2D eigenvalue weighted by Crippen LogP contribution is -2.54. The van der Waals surface area contributed by atoms with Gasteiger partial charge in [-0.3, -0.25) is 4.90 Å². The minimum absolute atomic E-state index is 0.0616. The van der Waals surface area contributed by atoms with Gasteiger partial charge in [0.2, 0.25) is 0 Å². The molecule has 0 spiro atoms. The maximum Gasteiger partial charge on any atom is 0.416 e. The molecule has 0 amide bonds. The van der Waals surface area contributed by atoms with E-state index in [0.29, 0.717) is 32.6 Å². The molecule has 1 unspecified atom stereocenters. The number of benzene rings is 1. The number of rotatable bonds is 7. The Hall–Kier alpha value is -1.42. The largest absolute Gasteiger partial charge is 0.416 e. The summed E-state index contributed by atoms with van der Waals surface area (Å²) in [4.78, 5) is 2.26. The van der Waals surface area contributed by atoms with Crippen molar-refractivity contribution < 1.29 is 21.6 Å². The van der Waals surface area contributed by atoms with Crippen molar-refractivity contribution in [3.05, 3.63) is 47.0 Å². The van der Waals surface area contributed by atoms with Crippen molar-refractivity contribution >= 4 is 10.2 Å². The van der Waals surface area contributed by atoms with E-state index in [9.17, 15) is 21.6 Å². The predicted molar refractivity (Wildman–Crippen MR) is 118 cm³/mol. The Morgan fingerprint density at radius 3 is 1.94 bits per heavy atom. The summed E-state index contributed by atoms with van der Waals surface area (Å²) < 4.78 is 66.2. The van der Waals surface area contributed by atoms with E-state index in [4.69, 9.17) is 0 Å². The van der Waals surface area contributed by atoms with E-state index in [1.165, 1.54) is 22.7 Å². The monoisotopic (exact) mass is 461 g/mol. The maximum absolute atomic E-state index is 12.9. The fraction of sp³-hybridized carbons (Fsp3) is 0.636. The molecule has 1 aliphatic heterocycles. The minimum Gasteiger partial charge on any atom is -0.294 e. The number of halogens is 3. The smallest absolute Gasteiger partial charge is 0.294 e. The van der Waals surface area contributed by atoms with Gasteiger partial charge < -0.3 is 0 Å². The lowest BCUT2D eigenvalue weighted by Gasteiger charge is -2.41. The van der Waals surface area contributed by atoms with Gasteiger partial charge in [0.1, 0.15) is 0 Å². The SMILES string of the molecule is CC(C)=CC(CC(C)(C)c1ccc(C(F)(F)F)cc1)N1CCN(S(=O)(=O)N(C)C)CC1. The van der Waals surface area contributed by atoms with Crippen LogP contribution in [0.1, 0.15) is 45.2 Å². The topological polar surface area (TPSA) is 43.9 Å². The van der Waals surface area contributed by atoms with Crippen LogP contribution in [0.2, 0.25) is 0 Å². The van der Waals surface area contributed by atoms with E-state index in [0.717, 1.165) is 23.3 Å². The van der Waals surface area contributed by atoms with Crippen LogP contribution in [0.25, 0.3) is 0 Å². The van der Waals surface area contributed by atoms with E-state index in [1.54, 1.807) is 12.1 Å². The Labute approximate surface area is 184 Å². The highest BCUT2D eigenvalue weighted by atomic mass is 32.2. The fourth-order valence-electron chi connectivity index (χ4n) is 3.93. The molecule has 9 heteroatoms. The summed E-state index contributed by atoms with van der Waals surface area (Å²) >= 11 is 0. The molecule has 1 aromatic rings. The quantitative estimate of drug-likeness (QED) is 0.574. The van der Waals surface area contributed by atoms with Crippen LogP contribution in [0.3, 0.4) is 0 Å². The van der Waals surface area contributed by atoms with Crippen LogP contribution in [0.4, 0.5) is 13.2 Å². The van der Waals surface area contributed by atoms with Crippen molar-refractivity contribution in [2.45, 2.75) is 51.7 Å². The van der Waals surface area contributed by atoms with Crippen LogP contribution in [0.5, 0.6) is 0 Å². The normalized spacial score (nSPS) is 18.3. The maximum atomic E-state index is 12.9. The van der Waals surface area contributed by atoms with Crippen molar-refractivity contribution in [1.82, 2.24) is 13.5 Å². The third-order valence-corrected chi connectivity index (χ3v) is 7.71. The summed E-state index contributed by atoms with van der Waals surface area (Å²) in [7, 11) is -0.378. The summed E-state index contributed by atoms with van der Waals surface area (Å²) in [6.07, 6.45) is -1.47. The first-order chi connectivity index (χ1) is 14.1. The van der Waals surface area contributed by atoms with E-state index >= 15 is 0 Å². The molecule has 1 saturated heterocycles. The molecular formula is C22H34F3N3O2S. The van der Waals surface area contributed by atoms with Gasteiger partial charge in [0, 0.05) is 46.3 Å². The van der Waals surface area contributed by atoms with Gasteiger partial charge in [0.25, 0.3) is 10.2 Å². The first-order valence-corrected chi connectivity index (χ1v) is 11.8.